The van der Waals surface area contributed by atoms with E-state index >= 15 is 0 Å². The Hall–Kier alpha value is -1.53. The average molecular weight is 212 g/mol. The van der Waals surface area contributed by atoms with Crippen molar-refractivity contribution < 1.29 is 33.0 Å². The van der Waals surface area contributed by atoms with Crippen LogP contribution < -0.4 is 0 Å². The van der Waals surface area contributed by atoms with Crippen LogP contribution in [0.4, 0.5) is 13.2 Å². The minimum Gasteiger partial charge on any atom is -0.481 e. The number of alkyl halides is 3. The van der Waals surface area contributed by atoms with E-state index in [0.717, 1.165) is 0 Å². The van der Waals surface area contributed by atoms with Gasteiger partial charge in [0.1, 0.15) is 0 Å². The van der Waals surface area contributed by atoms with Crippen molar-refractivity contribution in [2.75, 3.05) is 0 Å². The summed E-state index contributed by atoms with van der Waals surface area (Å²) in [7, 11) is 0. The second-order valence-corrected chi connectivity index (χ2v) is 2.41. The van der Waals surface area contributed by atoms with Crippen molar-refractivity contribution in [1.29, 1.82) is 0 Å². The molecule has 80 valence electrons. The quantitative estimate of drug-likeness (QED) is 0.543. The van der Waals surface area contributed by atoms with Gasteiger partial charge in [-0.25, -0.2) is 0 Å². The van der Waals surface area contributed by atoms with Crippen LogP contribution in [-0.4, -0.2) is 28.3 Å². The van der Waals surface area contributed by atoms with Gasteiger partial charge in [0.25, 0.3) is 0 Å². The van der Waals surface area contributed by atoms with E-state index < -0.39 is 30.5 Å². The van der Waals surface area contributed by atoms with Crippen molar-refractivity contribution in [2.45, 2.75) is 12.6 Å². The molecule has 0 bridgehead atoms. The minimum atomic E-state index is -4.55. The molecular formula is C7H7F3O4. The van der Waals surface area contributed by atoms with Gasteiger partial charge < -0.3 is 10.2 Å². The van der Waals surface area contributed by atoms with Crippen molar-refractivity contribution >= 4 is 11.9 Å². The summed E-state index contributed by atoms with van der Waals surface area (Å²) in [6.07, 6.45) is -4.95. The molecule has 0 aromatic carbocycles. The molecule has 0 radical (unpaired) electrons. The Kier molecular flexibility index (Phi) is 4.13. The van der Waals surface area contributed by atoms with Gasteiger partial charge in [-0.1, -0.05) is 6.08 Å². The molecule has 0 spiro atoms. The second-order valence-electron chi connectivity index (χ2n) is 2.41. The number of carbonyl (C=O) groups is 2. The highest BCUT2D eigenvalue weighted by atomic mass is 19.4. The van der Waals surface area contributed by atoms with Gasteiger partial charge in [0.2, 0.25) is 0 Å². The summed E-state index contributed by atoms with van der Waals surface area (Å²) < 4.78 is 34.6. The molecule has 0 amide bonds. The Labute approximate surface area is 76.6 Å². The predicted octanol–water partition coefficient (Wildman–Crippen LogP) is 1.28. The molecule has 7 heteroatoms. The minimum absolute atomic E-state index is 0.189. The Morgan fingerprint density at radius 2 is 1.64 bits per heavy atom. The summed E-state index contributed by atoms with van der Waals surface area (Å²) in [6, 6.07) is 0. The molecule has 0 unspecified atom stereocenters. The van der Waals surface area contributed by atoms with Crippen LogP contribution in [0.15, 0.2) is 12.2 Å². The molecular weight excluding hydrogens is 205 g/mol. The molecule has 0 fully saturated rings. The lowest BCUT2D eigenvalue weighted by Gasteiger charge is -2.03. The van der Waals surface area contributed by atoms with Crippen LogP contribution in [-0.2, 0) is 9.59 Å². The standard InChI is InChI=1S/C7H7F3O4/c8-7(9,10)3-1-2-4(5(11)12)6(13)14/h1,3-4H,2H2,(H,11,12)(H,13,14)/b3-1+. The number of hydrogen-bond acceptors (Lipinski definition) is 2. The van der Waals surface area contributed by atoms with Gasteiger partial charge in [0.15, 0.2) is 5.92 Å². The molecule has 0 heterocycles. The zero-order valence-electron chi connectivity index (χ0n) is 6.78. The van der Waals surface area contributed by atoms with E-state index in [1.54, 1.807) is 0 Å². The molecule has 0 rings (SSSR count). The van der Waals surface area contributed by atoms with Crippen LogP contribution in [0.1, 0.15) is 6.42 Å². The fourth-order valence-corrected chi connectivity index (χ4v) is 0.645. The molecule has 4 nitrogen and oxygen atoms in total. The van der Waals surface area contributed by atoms with Gasteiger partial charge in [0.05, 0.1) is 0 Å². The number of hydrogen-bond donors (Lipinski definition) is 2. The normalized spacial score (nSPS) is 12.3. The fourth-order valence-electron chi connectivity index (χ4n) is 0.645. The maximum Gasteiger partial charge on any atom is 0.409 e. The summed E-state index contributed by atoms with van der Waals surface area (Å²) >= 11 is 0. The predicted molar refractivity (Wildman–Crippen MR) is 38.6 cm³/mol. The van der Waals surface area contributed by atoms with Gasteiger partial charge in [-0.2, -0.15) is 13.2 Å². The number of aliphatic carboxylic acids is 2. The summed E-state index contributed by atoms with van der Waals surface area (Å²) in [5, 5.41) is 16.6. The van der Waals surface area contributed by atoms with Gasteiger partial charge >= 0.3 is 18.1 Å². The third-order valence-corrected chi connectivity index (χ3v) is 1.27. The van der Waals surface area contributed by atoms with Crippen LogP contribution >= 0.6 is 0 Å². The number of allylic oxidation sites excluding steroid dienone is 2. The third kappa shape index (κ3) is 5.18. The zero-order chi connectivity index (χ0) is 11.4. The SMILES string of the molecule is O=C(O)C(C/C=C/C(F)(F)F)C(=O)O. The zero-order valence-corrected chi connectivity index (χ0v) is 6.78. The Morgan fingerprint density at radius 3 is 1.93 bits per heavy atom. The Balaban J connectivity index is 4.28. The first kappa shape index (κ1) is 12.5. The lowest BCUT2D eigenvalue weighted by atomic mass is 10.1. The van der Waals surface area contributed by atoms with Crippen LogP contribution in [0.3, 0.4) is 0 Å². The summed E-state index contributed by atoms with van der Waals surface area (Å²) in [4.78, 5) is 20.4. The van der Waals surface area contributed by atoms with E-state index in [9.17, 15) is 22.8 Å². The molecule has 0 aliphatic heterocycles. The van der Waals surface area contributed by atoms with Crippen molar-refractivity contribution in [1.82, 2.24) is 0 Å². The van der Waals surface area contributed by atoms with E-state index in [1.807, 2.05) is 0 Å². The van der Waals surface area contributed by atoms with Gasteiger partial charge in [-0.15, -0.1) is 0 Å². The smallest absolute Gasteiger partial charge is 0.409 e. The average Bonchev–Trinajstić information content (AvgIpc) is 1.94. The molecule has 0 aliphatic rings. The highest BCUT2D eigenvalue weighted by molar-refractivity contribution is 5.92. The number of halogens is 3. The van der Waals surface area contributed by atoms with Crippen molar-refractivity contribution in [3.8, 4) is 0 Å². The highest BCUT2D eigenvalue weighted by Gasteiger charge is 2.26. The topological polar surface area (TPSA) is 74.6 Å². The lowest BCUT2D eigenvalue weighted by Crippen LogP contribution is -2.22. The molecule has 14 heavy (non-hydrogen) atoms. The van der Waals surface area contributed by atoms with Gasteiger partial charge in [-0.3, -0.25) is 9.59 Å². The molecule has 0 aromatic rings. The first-order valence-electron chi connectivity index (χ1n) is 3.44. The van der Waals surface area contributed by atoms with Crippen molar-refractivity contribution in [3.05, 3.63) is 12.2 Å². The van der Waals surface area contributed by atoms with E-state index in [4.69, 9.17) is 10.2 Å². The molecule has 2 N–H and O–H groups in total. The van der Waals surface area contributed by atoms with Crippen molar-refractivity contribution in [2.24, 2.45) is 5.92 Å². The molecule has 0 aliphatic carbocycles. The largest absolute Gasteiger partial charge is 0.481 e. The van der Waals surface area contributed by atoms with Gasteiger partial charge in [0, 0.05) is 6.08 Å². The van der Waals surface area contributed by atoms with E-state index in [-0.39, 0.29) is 6.08 Å². The Morgan fingerprint density at radius 1 is 1.21 bits per heavy atom. The van der Waals surface area contributed by atoms with E-state index in [0.29, 0.717) is 6.08 Å². The second kappa shape index (κ2) is 4.64. The lowest BCUT2D eigenvalue weighted by molar-refractivity contribution is -0.154. The summed E-state index contributed by atoms with van der Waals surface area (Å²) in [5.74, 6) is -5.16. The van der Waals surface area contributed by atoms with E-state index in [2.05, 4.69) is 0 Å². The van der Waals surface area contributed by atoms with Crippen LogP contribution in [0.25, 0.3) is 0 Å². The molecule has 0 saturated heterocycles. The first-order chi connectivity index (χ1) is 6.24. The monoisotopic (exact) mass is 212 g/mol. The summed E-state index contributed by atoms with van der Waals surface area (Å²) in [6.45, 7) is 0. The maximum absolute atomic E-state index is 11.5. The van der Waals surface area contributed by atoms with E-state index in [1.165, 1.54) is 0 Å². The molecule has 0 saturated carbocycles. The number of rotatable bonds is 4. The van der Waals surface area contributed by atoms with Gasteiger partial charge in [-0.05, 0) is 6.42 Å². The third-order valence-electron chi connectivity index (χ3n) is 1.27. The first-order valence-corrected chi connectivity index (χ1v) is 3.44. The van der Waals surface area contributed by atoms with Crippen LogP contribution in [0.5, 0.6) is 0 Å². The number of carboxylic acids is 2. The summed E-state index contributed by atoms with van der Waals surface area (Å²) in [5.41, 5.74) is 0. The Bertz CT molecular complexity index is 242. The molecule has 0 atom stereocenters. The van der Waals surface area contributed by atoms with Crippen LogP contribution in [0.2, 0.25) is 0 Å². The van der Waals surface area contributed by atoms with Crippen molar-refractivity contribution in [3.63, 3.8) is 0 Å². The number of carboxylic acid groups (broad SMARTS) is 2. The fraction of sp³-hybridized carbons (Fsp3) is 0.429. The highest BCUT2D eigenvalue weighted by Crippen LogP contribution is 2.17. The van der Waals surface area contributed by atoms with Crippen LogP contribution in [0, 0.1) is 5.92 Å². The molecule has 0 aromatic heterocycles. The maximum atomic E-state index is 11.5.